The van der Waals surface area contributed by atoms with Crippen LogP contribution in [0.15, 0.2) is 11.4 Å². The molecule has 14 heavy (non-hydrogen) atoms. The maximum Gasteiger partial charge on any atom is 0.188 e. The van der Waals surface area contributed by atoms with Gasteiger partial charge in [-0.3, -0.25) is 4.79 Å². The van der Waals surface area contributed by atoms with E-state index in [-0.39, 0.29) is 5.78 Å². The van der Waals surface area contributed by atoms with Crippen molar-refractivity contribution >= 4 is 28.7 Å². The van der Waals surface area contributed by atoms with E-state index < -0.39 is 0 Å². The lowest BCUT2D eigenvalue weighted by Gasteiger charge is -2.01. The molecule has 0 aromatic carbocycles. The highest BCUT2D eigenvalue weighted by Gasteiger charge is 2.10. The van der Waals surface area contributed by atoms with Crippen LogP contribution in [0.4, 0.5) is 0 Å². The SMILES string of the molecule is COCCNCC(=O)c1sccc1Cl. The van der Waals surface area contributed by atoms with Crippen molar-refractivity contribution < 1.29 is 9.53 Å². The van der Waals surface area contributed by atoms with Crippen LogP contribution in [0.25, 0.3) is 0 Å². The molecular weight excluding hydrogens is 222 g/mol. The van der Waals surface area contributed by atoms with Crippen LogP contribution in [0.5, 0.6) is 0 Å². The van der Waals surface area contributed by atoms with E-state index in [1.54, 1.807) is 13.2 Å². The summed E-state index contributed by atoms with van der Waals surface area (Å²) in [5.74, 6) is 0.0288. The Morgan fingerprint density at radius 1 is 1.71 bits per heavy atom. The van der Waals surface area contributed by atoms with Gasteiger partial charge in [0.15, 0.2) is 5.78 Å². The van der Waals surface area contributed by atoms with Gasteiger partial charge in [0.1, 0.15) is 0 Å². The van der Waals surface area contributed by atoms with Gasteiger partial charge in [0.2, 0.25) is 0 Å². The summed E-state index contributed by atoms with van der Waals surface area (Å²) in [6.07, 6.45) is 0. The average Bonchev–Trinajstić information content (AvgIpc) is 2.59. The minimum atomic E-state index is 0.0288. The molecule has 0 saturated heterocycles. The monoisotopic (exact) mass is 233 g/mol. The molecule has 1 aromatic rings. The van der Waals surface area contributed by atoms with Gasteiger partial charge in [0.25, 0.3) is 0 Å². The van der Waals surface area contributed by atoms with Gasteiger partial charge in [-0.1, -0.05) is 11.6 Å². The summed E-state index contributed by atoms with van der Waals surface area (Å²) in [6.45, 7) is 1.58. The molecule has 0 aliphatic rings. The van der Waals surface area contributed by atoms with Crippen molar-refractivity contribution in [2.45, 2.75) is 0 Å². The van der Waals surface area contributed by atoms with E-state index in [1.165, 1.54) is 11.3 Å². The standard InChI is InChI=1S/C9H12ClNO2S/c1-13-4-3-11-6-8(12)9-7(10)2-5-14-9/h2,5,11H,3-4,6H2,1H3. The molecule has 0 unspecified atom stereocenters. The lowest BCUT2D eigenvalue weighted by Crippen LogP contribution is -2.25. The van der Waals surface area contributed by atoms with Crippen LogP contribution in [-0.2, 0) is 4.74 Å². The number of thiophene rings is 1. The van der Waals surface area contributed by atoms with Crippen LogP contribution in [0.2, 0.25) is 5.02 Å². The summed E-state index contributed by atoms with van der Waals surface area (Å²) in [6, 6.07) is 1.73. The first-order valence-electron chi connectivity index (χ1n) is 4.21. The molecule has 0 saturated carbocycles. The fourth-order valence-corrected chi connectivity index (χ4v) is 2.05. The molecule has 1 heterocycles. The Hall–Kier alpha value is -0.420. The molecule has 0 aliphatic carbocycles. The van der Waals surface area contributed by atoms with Crippen LogP contribution < -0.4 is 5.32 Å². The van der Waals surface area contributed by atoms with Crippen molar-refractivity contribution in [1.82, 2.24) is 5.32 Å². The smallest absolute Gasteiger partial charge is 0.188 e. The highest BCUT2D eigenvalue weighted by atomic mass is 35.5. The Morgan fingerprint density at radius 2 is 2.50 bits per heavy atom. The fourth-order valence-electron chi connectivity index (χ4n) is 0.949. The van der Waals surface area contributed by atoms with Gasteiger partial charge in [-0.15, -0.1) is 11.3 Å². The number of Topliss-reactive ketones (excluding diaryl/α,β-unsaturated/α-hetero) is 1. The summed E-state index contributed by atoms with van der Waals surface area (Å²) >= 11 is 7.18. The van der Waals surface area contributed by atoms with Gasteiger partial charge < -0.3 is 10.1 Å². The number of ether oxygens (including phenoxy) is 1. The zero-order valence-corrected chi connectivity index (χ0v) is 9.45. The minimum absolute atomic E-state index is 0.0288. The van der Waals surface area contributed by atoms with Crippen molar-refractivity contribution in [3.8, 4) is 0 Å². The van der Waals surface area contributed by atoms with Gasteiger partial charge >= 0.3 is 0 Å². The molecule has 0 aliphatic heterocycles. The van der Waals surface area contributed by atoms with E-state index in [1.807, 2.05) is 5.38 Å². The van der Waals surface area contributed by atoms with Gasteiger partial charge in [0.05, 0.1) is 23.1 Å². The third kappa shape index (κ3) is 3.38. The summed E-state index contributed by atoms with van der Waals surface area (Å²) in [7, 11) is 1.62. The molecular formula is C9H12ClNO2S. The molecule has 0 bridgehead atoms. The van der Waals surface area contributed by atoms with Crippen molar-refractivity contribution in [2.24, 2.45) is 0 Å². The van der Waals surface area contributed by atoms with E-state index in [4.69, 9.17) is 16.3 Å². The Morgan fingerprint density at radius 3 is 3.07 bits per heavy atom. The molecule has 5 heteroatoms. The van der Waals surface area contributed by atoms with Crippen LogP contribution in [0.3, 0.4) is 0 Å². The lowest BCUT2D eigenvalue weighted by molar-refractivity contribution is 0.0991. The van der Waals surface area contributed by atoms with Crippen LogP contribution in [0.1, 0.15) is 9.67 Å². The van der Waals surface area contributed by atoms with Crippen LogP contribution >= 0.6 is 22.9 Å². The first-order chi connectivity index (χ1) is 6.75. The number of rotatable bonds is 6. The highest BCUT2D eigenvalue weighted by Crippen LogP contribution is 2.21. The second kappa shape index (κ2) is 6.14. The van der Waals surface area contributed by atoms with Crippen molar-refractivity contribution in [2.75, 3.05) is 26.8 Å². The molecule has 1 aromatic heterocycles. The Labute approximate surface area is 92.0 Å². The van der Waals surface area contributed by atoms with Gasteiger partial charge in [-0.2, -0.15) is 0 Å². The molecule has 0 spiro atoms. The third-order valence-electron chi connectivity index (χ3n) is 1.64. The maximum atomic E-state index is 11.5. The molecule has 78 valence electrons. The van der Waals surface area contributed by atoms with E-state index in [9.17, 15) is 4.79 Å². The summed E-state index contributed by atoms with van der Waals surface area (Å²) in [5.41, 5.74) is 0. The number of carbonyl (C=O) groups is 1. The first-order valence-corrected chi connectivity index (χ1v) is 5.47. The summed E-state index contributed by atoms with van der Waals surface area (Å²) in [4.78, 5) is 12.1. The maximum absolute atomic E-state index is 11.5. The summed E-state index contributed by atoms with van der Waals surface area (Å²) < 4.78 is 4.84. The highest BCUT2D eigenvalue weighted by molar-refractivity contribution is 7.12. The lowest BCUT2D eigenvalue weighted by atomic mass is 10.3. The fraction of sp³-hybridized carbons (Fsp3) is 0.444. The van der Waals surface area contributed by atoms with E-state index in [2.05, 4.69) is 5.32 Å². The third-order valence-corrected chi connectivity index (χ3v) is 3.02. The number of hydrogen-bond donors (Lipinski definition) is 1. The average molecular weight is 234 g/mol. The summed E-state index contributed by atoms with van der Waals surface area (Å²) in [5, 5.41) is 5.32. The Bertz CT molecular complexity index is 301. The largest absolute Gasteiger partial charge is 0.383 e. The Balaban J connectivity index is 2.32. The normalized spacial score (nSPS) is 10.4. The Kier molecular flexibility index (Phi) is 5.11. The molecule has 1 rings (SSSR count). The molecule has 0 amide bonds. The minimum Gasteiger partial charge on any atom is -0.383 e. The van der Waals surface area contributed by atoms with E-state index in [0.717, 1.165) is 0 Å². The van der Waals surface area contributed by atoms with Crippen LogP contribution in [-0.4, -0.2) is 32.6 Å². The second-order valence-corrected chi connectivity index (χ2v) is 4.01. The number of methoxy groups -OCH3 is 1. The number of hydrogen-bond acceptors (Lipinski definition) is 4. The predicted octanol–water partition coefficient (Wildman–Crippen LogP) is 1.82. The van der Waals surface area contributed by atoms with Crippen molar-refractivity contribution in [3.05, 3.63) is 21.3 Å². The number of ketones is 1. The molecule has 0 radical (unpaired) electrons. The van der Waals surface area contributed by atoms with E-state index in [0.29, 0.717) is 29.6 Å². The first kappa shape index (κ1) is 11.7. The predicted molar refractivity (Wildman–Crippen MR) is 58.4 cm³/mol. The second-order valence-electron chi connectivity index (χ2n) is 2.69. The zero-order valence-electron chi connectivity index (χ0n) is 7.88. The van der Waals surface area contributed by atoms with Gasteiger partial charge in [0, 0.05) is 13.7 Å². The molecule has 1 N–H and O–H groups in total. The number of nitrogens with one attached hydrogen (secondary N) is 1. The number of halogens is 1. The molecule has 3 nitrogen and oxygen atoms in total. The van der Waals surface area contributed by atoms with Gasteiger partial charge in [-0.05, 0) is 11.4 Å². The van der Waals surface area contributed by atoms with Crippen LogP contribution in [0, 0.1) is 0 Å². The van der Waals surface area contributed by atoms with Crippen molar-refractivity contribution in [1.29, 1.82) is 0 Å². The molecule has 0 fully saturated rings. The quantitative estimate of drug-likeness (QED) is 0.602. The van der Waals surface area contributed by atoms with E-state index >= 15 is 0 Å². The van der Waals surface area contributed by atoms with Gasteiger partial charge in [-0.25, -0.2) is 0 Å². The topological polar surface area (TPSA) is 38.3 Å². The van der Waals surface area contributed by atoms with Crippen molar-refractivity contribution in [3.63, 3.8) is 0 Å². The molecule has 0 atom stereocenters. The number of carbonyl (C=O) groups excluding carboxylic acids is 1. The zero-order chi connectivity index (χ0) is 10.4.